The van der Waals surface area contributed by atoms with Crippen molar-refractivity contribution < 1.29 is 4.39 Å². The van der Waals surface area contributed by atoms with Crippen molar-refractivity contribution in [1.82, 2.24) is 0 Å². The van der Waals surface area contributed by atoms with E-state index >= 15 is 0 Å². The van der Waals surface area contributed by atoms with Crippen LogP contribution >= 0.6 is 27.7 Å². The van der Waals surface area contributed by atoms with Crippen LogP contribution in [0, 0.1) is 11.2 Å². The number of thioether (sulfide) groups is 1. The highest BCUT2D eigenvalue weighted by atomic mass is 79.9. The van der Waals surface area contributed by atoms with Crippen LogP contribution in [0.4, 0.5) is 10.1 Å². The monoisotopic (exact) mass is 317 g/mol. The first kappa shape index (κ1) is 13.2. The van der Waals surface area contributed by atoms with Gasteiger partial charge in [-0.3, -0.25) is 0 Å². The van der Waals surface area contributed by atoms with Gasteiger partial charge in [-0.05, 0) is 35.8 Å². The highest BCUT2D eigenvalue weighted by Crippen LogP contribution is 2.36. The van der Waals surface area contributed by atoms with Crippen molar-refractivity contribution in [3.8, 4) is 0 Å². The molecule has 0 radical (unpaired) electrons. The highest BCUT2D eigenvalue weighted by Gasteiger charge is 2.32. The van der Waals surface area contributed by atoms with Gasteiger partial charge in [-0.15, -0.1) is 0 Å². The standard InChI is InChI=1S/C13H17BrFNS/c1-13(2)5-6-17-8-12(13)16-11-7-9(14)3-4-10(11)15/h3-4,7,12,16H,5-6,8H2,1-2H3. The van der Waals surface area contributed by atoms with Gasteiger partial charge in [-0.2, -0.15) is 11.8 Å². The molecule has 1 aliphatic rings. The van der Waals surface area contributed by atoms with Crippen molar-refractivity contribution in [1.29, 1.82) is 0 Å². The molecule has 1 fully saturated rings. The van der Waals surface area contributed by atoms with Gasteiger partial charge in [-0.1, -0.05) is 29.8 Å². The maximum atomic E-state index is 13.7. The summed E-state index contributed by atoms with van der Waals surface area (Å²) in [5, 5.41) is 3.35. The van der Waals surface area contributed by atoms with E-state index in [1.807, 2.05) is 17.8 Å². The number of rotatable bonds is 2. The normalized spacial score (nSPS) is 23.4. The van der Waals surface area contributed by atoms with Gasteiger partial charge in [0.1, 0.15) is 5.82 Å². The summed E-state index contributed by atoms with van der Waals surface area (Å²) in [6.07, 6.45) is 1.17. The van der Waals surface area contributed by atoms with Gasteiger partial charge < -0.3 is 5.32 Å². The minimum Gasteiger partial charge on any atom is -0.379 e. The van der Waals surface area contributed by atoms with Crippen molar-refractivity contribution in [2.45, 2.75) is 26.3 Å². The van der Waals surface area contributed by atoms with E-state index < -0.39 is 0 Å². The summed E-state index contributed by atoms with van der Waals surface area (Å²) >= 11 is 5.32. The topological polar surface area (TPSA) is 12.0 Å². The molecular formula is C13H17BrFNS. The summed E-state index contributed by atoms with van der Waals surface area (Å²) in [5.41, 5.74) is 0.819. The SMILES string of the molecule is CC1(C)CCSCC1Nc1cc(Br)ccc1F. The minimum absolute atomic E-state index is 0.181. The van der Waals surface area contributed by atoms with Crippen molar-refractivity contribution in [3.63, 3.8) is 0 Å². The van der Waals surface area contributed by atoms with Crippen LogP contribution in [0.3, 0.4) is 0 Å². The second kappa shape index (κ2) is 5.19. The van der Waals surface area contributed by atoms with E-state index in [-0.39, 0.29) is 11.2 Å². The highest BCUT2D eigenvalue weighted by molar-refractivity contribution is 9.10. The molecule has 0 amide bonds. The van der Waals surface area contributed by atoms with Crippen LogP contribution in [0.2, 0.25) is 0 Å². The van der Waals surface area contributed by atoms with Crippen LogP contribution in [0.15, 0.2) is 22.7 Å². The molecule has 0 bridgehead atoms. The summed E-state index contributed by atoms with van der Waals surface area (Å²) in [6, 6.07) is 5.35. The number of benzene rings is 1. The lowest BCUT2D eigenvalue weighted by atomic mass is 9.82. The summed E-state index contributed by atoms with van der Waals surface area (Å²) in [5.74, 6) is 2.06. The fourth-order valence-electron chi connectivity index (χ4n) is 1.97. The Morgan fingerprint density at radius 1 is 1.47 bits per heavy atom. The first-order chi connectivity index (χ1) is 7.99. The first-order valence-corrected chi connectivity index (χ1v) is 7.73. The Morgan fingerprint density at radius 2 is 2.24 bits per heavy atom. The molecule has 0 spiro atoms. The molecule has 1 N–H and O–H groups in total. The molecule has 1 nitrogen and oxygen atoms in total. The van der Waals surface area contributed by atoms with Crippen LogP contribution < -0.4 is 5.32 Å². The molecule has 1 unspecified atom stereocenters. The largest absolute Gasteiger partial charge is 0.379 e. The lowest BCUT2D eigenvalue weighted by Crippen LogP contribution is -2.41. The van der Waals surface area contributed by atoms with Crippen LogP contribution in [0.5, 0.6) is 0 Å². The first-order valence-electron chi connectivity index (χ1n) is 5.78. The summed E-state index contributed by atoms with van der Waals surface area (Å²) < 4.78 is 14.6. The van der Waals surface area contributed by atoms with Gasteiger partial charge in [-0.25, -0.2) is 4.39 Å². The summed E-state index contributed by atoms with van der Waals surface area (Å²) in [7, 11) is 0. The van der Waals surface area contributed by atoms with E-state index in [9.17, 15) is 4.39 Å². The van der Waals surface area contributed by atoms with Crippen molar-refractivity contribution in [2.24, 2.45) is 5.41 Å². The zero-order chi connectivity index (χ0) is 12.5. The smallest absolute Gasteiger partial charge is 0.146 e. The van der Waals surface area contributed by atoms with Crippen molar-refractivity contribution in [3.05, 3.63) is 28.5 Å². The number of hydrogen-bond acceptors (Lipinski definition) is 2. The molecule has 0 saturated carbocycles. The van der Waals surface area contributed by atoms with E-state index in [1.54, 1.807) is 6.07 Å². The number of halogens is 2. The third-order valence-electron chi connectivity index (χ3n) is 3.38. The molecule has 17 heavy (non-hydrogen) atoms. The molecule has 1 atom stereocenters. The minimum atomic E-state index is -0.181. The lowest BCUT2D eigenvalue weighted by molar-refractivity contribution is 0.304. The maximum Gasteiger partial charge on any atom is 0.146 e. The molecule has 1 saturated heterocycles. The summed E-state index contributed by atoms with van der Waals surface area (Å²) in [4.78, 5) is 0. The molecule has 94 valence electrons. The van der Waals surface area contributed by atoms with E-state index in [0.29, 0.717) is 11.7 Å². The quantitative estimate of drug-likeness (QED) is 0.860. The van der Waals surface area contributed by atoms with Crippen LogP contribution in [0.1, 0.15) is 20.3 Å². The van der Waals surface area contributed by atoms with Crippen LogP contribution in [-0.2, 0) is 0 Å². The van der Waals surface area contributed by atoms with E-state index in [0.717, 1.165) is 10.2 Å². The Morgan fingerprint density at radius 3 is 2.94 bits per heavy atom. The molecule has 0 aliphatic carbocycles. The number of anilines is 1. The Hall–Kier alpha value is -0.220. The third-order valence-corrected chi connectivity index (χ3v) is 4.93. The second-order valence-corrected chi connectivity index (χ2v) is 7.20. The van der Waals surface area contributed by atoms with Crippen molar-refractivity contribution in [2.75, 3.05) is 16.8 Å². The Labute approximate surface area is 115 Å². The summed E-state index contributed by atoms with van der Waals surface area (Å²) in [6.45, 7) is 4.50. The predicted molar refractivity (Wildman–Crippen MR) is 77.2 cm³/mol. The second-order valence-electron chi connectivity index (χ2n) is 5.13. The fourth-order valence-corrected chi connectivity index (χ4v) is 3.94. The fraction of sp³-hybridized carbons (Fsp3) is 0.538. The van der Waals surface area contributed by atoms with Crippen molar-refractivity contribution >= 4 is 33.4 Å². The number of hydrogen-bond donors (Lipinski definition) is 1. The average Bonchev–Trinajstić information content (AvgIpc) is 2.26. The Balaban J connectivity index is 2.16. The third kappa shape index (κ3) is 3.16. The van der Waals surface area contributed by atoms with Crippen LogP contribution in [0.25, 0.3) is 0 Å². The van der Waals surface area contributed by atoms with E-state index in [1.165, 1.54) is 18.2 Å². The zero-order valence-corrected chi connectivity index (χ0v) is 12.5. The van der Waals surface area contributed by atoms with Gasteiger partial charge >= 0.3 is 0 Å². The predicted octanol–water partition coefficient (Wildman–Crippen LogP) is 4.53. The maximum absolute atomic E-state index is 13.7. The molecule has 1 aliphatic heterocycles. The zero-order valence-electron chi connectivity index (χ0n) is 10.1. The number of nitrogens with one attached hydrogen (secondary N) is 1. The van der Waals surface area contributed by atoms with Gasteiger partial charge in [0.15, 0.2) is 0 Å². The molecule has 1 aromatic rings. The molecule has 1 heterocycles. The van der Waals surface area contributed by atoms with E-state index in [4.69, 9.17) is 0 Å². The lowest BCUT2D eigenvalue weighted by Gasteiger charge is -2.39. The molecule has 1 aromatic carbocycles. The Kier molecular flexibility index (Phi) is 4.03. The van der Waals surface area contributed by atoms with Gasteiger partial charge in [0, 0.05) is 16.3 Å². The van der Waals surface area contributed by atoms with E-state index in [2.05, 4.69) is 35.1 Å². The molecular weight excluding hydrogens is 301 g/mol. The Bertz CT molecular complexity index is 408. The van der Waals surface area contributed by atoms with Gasteiger partial charge in [0.25, 0.3) is 0 Å². The molecule has 0 aromatic heterocycles. The molecule has 2 rings (SSSR count). The van der Waals surface area contributed by atoms with Gasteiger partial charge in [0.05, 0.1) is 5.69 Å². The molecule has 4 heteroatoms. The van der Waals surface area contributed by atoms with Crippen LogP contribution in [-0.4, -0.2) is 17.5 Å². The average molecular weight is 318 g/mol. The van der Waals surface area contributed by atoms with Gasteiger partial charge in [0.2, 0.25) is 0 Å².